The molecule has 0 amide bonds. The zero-order chi connectivity index (χ0) is 9.97. The first-order chi connectivity index (χ1) is 6.79. The Labute approximate surface area is 81.3 Å². The van der Waals surface area contributed by atoms with Crippen LogP contribution in [0.5, 0.6) is 0 Å². The summed E-state index contributed by atoms with van der Waals surface area (Å²) in [5.74, 6) is 0. The van der Waals surface area contributed by atoms with E-state index in [1.807, 2.05) is 0 Å². The number of rotatable bonds is 1. The lowest BCUT2D eigenvalue weighted by Crippen LogP contribution is -2.55. The lowest BCUT2D eigenvalue weighted by Gasteiger charge is -2.38. The molecule has 82 valence electrons. The molecule has 14 heavy (non-hydrogen) atoms. The molecule has 2 N–H and O–H groups in total. The van der Waals surface area contributed by atoms with Crippen LogP contribution in [0.1, 0.15) is 0 Å². The lowest BCUT2D eigenvalue weighted by atomic mass is 10.0. The highest BCUT2D eigenvalue weighted by Gasteiger charge is 2.39. The van der Waals surface area contributed by atoms with Crippen LogP contribution < -0.4 is 0 Å². The Morgan fingerprint density at radius 3 is 1.57 bits per heavy atom. The van der Waals surface area contributed by atoms with Crippen LogP contribution in [0.25, 0.3) is 0 Å². The third-order valence-corrected chi connectivity index (χ3v) is 2.35. The van der Waals surface area contributed by atoms with Crippen LogP contribution in [0, 0.1) is 0 Å². The lowest BCUT2D eigenvalue weighted by molar-refractivity contribution is -0.277. The highest BCUT2D eigenvalue weighted by atomic mass is 16.7. The molecule has 4 atom stereocenters. The number of hydrogen-bond acceptors (Lipinski definition) is 6. The maximum absolute atomic E-state index is 9.56. The summed E-state index contributed by atoms with van der Waals surface area (Å²) in [5.41, 5.74) is 0. The van der Waals surface area contributed by atoms with Crippen LogP contribution in [-0.4, -0.2) is 61.4 Å². The van der Waals surface area contributed by atoms with Gasteiger partial charge in [-0.15, -0.1) is 0 Å². The first-order valence-corrected chi connectivity index (χ1v) is 4.54. The van der Waals surface area contributed by atoms with E-state index in [4.69, 9.17) is 18.9 Å². The van der Waals surface area contributed by atoms with Crippen molar-refractivity contribution in [2.75, 3.05) is 26.8 Å². The van der Waals surface area contributed by atoms with Gasteiger partial charge in [0.1, 0.15) is 38.0 Å². The predicted molar refractivity (Wildman–Crippen MR) is 43.4 cm³/mol. The second-order valence-corrected chi connectivity index (χ2v) is 3.37. The molecule has 0 bridgehead atoms. The van der Waals surface area contributed by atoms with Gasteiger partial charge in [-0.3, -0.25) is 0 Å². The number of aliphatic hydroxyl groups excluding tert-OH is 2. The quantitative estimate of drug-likeness (QED) is 0.541. The average Bonchev–Trinajstić information content (AvgIpc) is 2.20. The van der Waals surface area contributed by atoms with E-state index in [1.165, 1.54) is 0 Å². The molecule has 0 saturated carbocycles. The van der Waals surface area contributed by atoms with Gasteiger partial charge >= 0.3 is 0 Å². The largest absolute Gasteiger partial charge is 0.388 e. The van der Waals surface area contributed by atoms with Gasteiger partial charge in [-0.05, 0) is 0 Å². The topological polar surface area (TPSA) is 77.4 Å². The molecule has 0 radical (unpaired) electrons. The van der Waals surface area contributed by atoms with E-state index in [2.05, 4.69) is 0 Å². The van der Waals surface area contributed by atoms with Crippen molar-refractivity contribution in [3.63, 3.8) is 0 Å². The monoisotopic (exact) mass is 206 g/mol. The average molecular weight is 206 g/mol. The number of ether oxygens (including phenoxy) is 4. The standard InChI is InChI=1S/C8H14O6/c9-5-1-11-3-13-7(5)8-6(10)2-12-4-14-8/h5-10H,1-4H2/t5-,6-,7+,8+/m1/s1. The maximum Gasteiger partial charge on any atom is 0.147 e. The van der Waals surface area contributed by atoms with Gasteiger partial charge < -0.3 is 29.2 Å². The van der Waals surface area contributed by atoms with E-state index >= 15 is 0 Å². The first kappa shape index (κ1) is 10.3. The maximum atomic E-state index is 9.56. The summed E-state index contributed by atoms with van der Waals surface area (Å²) in [5, 5.41) is 19.1. The Balaban J connectivity index is 1.96. The molecule has 6 heteroatoms. The first-order valence-electron chi connectivity index (χ1n) is 4.54. The zero-order valence-corrected chi connectivity index (χ0v) is 7.67. The van der Waals surface area contributed by atoms with E-state index in [1.54, 1.807) is 0 Å². The van der Waals surface area contributed by atoms with Crippen molar-refractivity contribution in [2.45, 2.75) is 24.4 Å². The third-order valence-electron chi connectivity index (χ3n) is 2.35. The summed E-state index contributed by atoms with van der Waals surface area (Å²) in [6, 6.07) is 0. The summed E-state index contributed by atoms with van der Waals surface area (Å²) in [6.45, 7) is 0.653. The Kier molecular flexibility index (Phi) is 3.32. The van der Waals surface area contributed by atoms with Gasteiger partial charge in [-0.2, -0.15) is 0 Å². The van der Waals surface area contributed by atoms with Gasteiger partial charge in [-0.1, -0.05) is 0 Å². The summed E-state index contributed by atoms with van der Waals surface area (Å²) in [6.07, 6.45) is -2.60. The minimum atomic E-state index is -0.762. The Bertz CT molecular complexity index is 167. The van der Waals surface area contributed by atoms with Gasteiger partial charge in [-0.25, -0.2) is 0 Å². The highest BCUT2D eigenvalue weighted by Crippen LogP contribution is 2.19. The van der Waals surface area contributed by atoms with Crippen LogP contribution in [-0.2, 0) is 18.9 Å². The van der Waals surface area contributed by atoms with Gasteiger partial charge in [0.05, 0.1) is 13.2 Å². The van der Waals surface area contributed by atoms with E-state index in [0.717, 1.165) is 0 Å². The van der Waals surface area contributed by atoms with E-state index in [-0.39, 0.29) is 26.8 Å². The Morgan fingerprint density at radius 2 is 1.21 bits per heavy atom. The zero-order valence-electron chi connectivity index (χ0n) is 7.67. The predicted octanol–water partition coefficient (Wildman–Crippen LogP) is -1.55. The highest BCUT2D eigenvalue weighted by molar-refractivity contribution is 4.85. The van der Waals surface area contributed by atoms with Crippen molar-refractivity contribution in [2.24, 2.45) is 0 Å². The second kappa shape index (κ2) is 4.52. The van der Waals surface area contributed by atoms with E-state index in [9.17, 15) is 10.2 Å². The summed E-state index contributed by atoms with van der Waals surface area (Å²) in [4.78, 5) is 0. The molecule has 0 aliphatic carbocycles. The number of aliphatic hydroxyl groups is 2. The van der Waals surface area contributed by atoms with Crippen molar-refractivity contribution in [1.29, 1.82) is 0 Å². The second-order valence-electron chi connectivity index (χ2n) is 3.37. The van der Waals surface area contributed by atoms with Gasteiger partial charge in [0.2, 0.25) is 0 Å². The van der Waals surface area contributed by atoms with E-state index < -0.39 is 24.4 Å². The van der Waals surface area contributed by atoms with Crippen molar-refractivity contribution < 1.29 is 29.2 Å². The van der Waals surface area contributed by atoms with Crippen molar-refractivity contribution in [3.05, 3.63) is 0 Å². The van der Waals surface area contributed by atoms with Crippen LogP contribution in [0.4, 0.5) is 0 Å². The molecule has 2 rings (SSSR count). The molecule has 2 saturated heterocycles. The molecule has 0 aromatic carbocycles. The fourth-order valence-corrected chi connectivity index (χ4v) is 1.63. The van der Waals surface area contributed by atoms with Crippen LogP contribution >= 0.6 is 0 Å². The minimum Gasteiger partial charge on any atom is -0.388 e. The Hall–Kier alpha value is -0.240. The molecular formula is C8H14O6. The SMILES string of the molecule is O[C@@H]1COCO[C@@H]1[C@H]1OCOC[C@H]1O. The van der Waals surface area contributed by atoms with Gasteiger partial charge in [0.15, 0.2) is 0 Å². The van der Waals surface area contributed by atoms with Gasteiger partial charge in [0.25, 0.3) is 0 Å². The molecule has 0 aromatic rings. The molecular weight excluding hydrogens is 192 g/mol. The molecule has 2 heterocycles. The molecule has 0 unspecified atom stereocenters. The molecule has 0 aromatic heterocycles. The van der Waals surface area contributed by atoms with Crippen LogP contribution in [0.15, 0.2) is 0 Å². The smallest absolute Gasteiger partial charge is 0.147 e. The van der Waals surface area contributed by atoms with Crippen molar-refractivity contribution in [3.8, 4) is 0 Å². The normalized spacial score (nSPS) is 45.0. The summed E-state index contributed by atoms with van der Waals surface area (Å²) in [7, 11) is 0. The molecule has 2 fully saturated rings. The molecule has 2 aliphatic heterocycles. The van der Waals surface area contributed by atoms with Crippen LogP contribution in [0.3, 0.4) is 0 Å². The Morgan fingerprint density at radius 1 is 0.786 bits per heavy atom. The summed E-state index contributed by atoms with van der Waals surface area (Å²) < 4.78 is 20.2. The van der Waals surface area contributed by atoms with Gasteiger partial charge in [0, 0.05) is 0 Å². The third kappa shape index (κ3) is 2.05. The molecule has 6 nitrogen and oxygen atoms in total. The minimum absolute atomic E-state index is 0.120. The fraction of sp³-hybridized carbons (Fsp3) is 1.00. The molecule has 0 spiro atoms. The summed E-state index contributed by atoms with van der Waals surface area (Å²) >= 11 is 0. The van der Waals surface area contributed by atoms with Crippen LogP contribution in [0.2, 0.25) is 0 Å². The van der Waals surface area contributed by atoms with E-state index in [0.29, 0.717) is 0 Å². The van der Waals surface area contributed by atoms with Crippen molar-refractivity contribution in [1.82, 2.24) is 0 Å². The molecule has 2 aliphatic rings. The fourth-order valence-electron chi connectivity index (χ4n) is 1.63. The van der Waals surface area contributed by atoms with Crippen molar-refractivity contribution >= 4 is 0 Å². The number of hydrogen-bond donors (Lipinski definition) is 2.